The van der Waals surface area contributed by atoms with Gasteiger partial charge in [-0.05, 0) is 89.8 Å². The van der Waals surface area contributed by atoms with E-state index in [0.29, 0.717) is 0 Å². The number of benzene rings is 4. The first-order valence-corrected chi connectivity index (χ1v) is 11.8. The first kappa shape index (κ1) is 21.6. The molecule has 0 aromatic heterocycles. The highest BCUT2D eigenvalue weighted by Crippen LogP contribution is 2.38. The maximum atomic E-state index is 2.41. The van der Waals surface area contributed by atoms with Crippen molar-refractivity contribution in [2.75, 3.05) is 21.1 Å². The minimum Gasteiger partial charge on any atom is -0.305 e. The van der Waals surface area contributed by atoms with Crippen molar-refractivity contribution in [3.63, 3.8) is 0 Å². The Morgan fingerprint density at radius 3 is 2.03 bits per heavy atom. The van der Waals surface area contributed by atoms with Crippen LogP contribution in [0.4, 0.5) is 0 Å². The fraction of sp³-hybridized carbons (Fsp3) is 0.226. The van der Waals surface area contributed by atoms with Crippen molar-refractivity contribution in [1.82, 2.24) is 9.80 Å². The molecule has 0 N–H and O–H groups in total. The molecule has 166 valence electrons. The molecular formula is C31H32N2. The lowest BCUT2D eigenvalue weighted by atomic mass is 10.0. The molecule has 2 nitrogen and oxygen atoms in total. The van der Waals surface area contributed by atoms with Gasteiger partial charge in [0.1, 0.15) is 0 Å². The standard InChI is InChI=1S/C31H32N2/c1-32(2)20-25-12-14-28-19-29-17-24(13-15-30(29)31(28)18-25)22-33(3)21-23-8-7-11-27(16-23)26-9-5-4-6-10-26/h4-18H,19-22H2,1-3H3. The average Bonchev–Trinajstić information content (AvgIpc) is 3.16. The van der Waals surface area contributed by atoms with Crippen LogP contribution >= 0.6 is 0 Å². The Morgan fingerprint density at radius 2 is 1.24 bits per heavy atom. The van der Waals surface area contributed by atoms with E-state index in [1.165, 1.54) is 50.1 Å². The van der Waals surface area contributed by atoms with E-state index in [2.05, 4.69) is 122 Å². The molecule has 0 amide bonds. The number of fused-ring (bicyclic) bond motifs is 3. The minimum absolute atomic E-state index is 0.936. The van der Waals surface area contributed by atoms with Crippen molar-refractivity contribution in [2.24, 2.45) is 0 Å². The molecule has 4 aromatic rings. The Morgan fingerprint density at radius 1 is 0.545 bits per heavy atom. The van der Waals surface area contributed by atoms with Crippen molar-refractivity contribution < 1.29 is 0 Å². The quantitative estimate of drug-likeness (QED) is 0.285. The van der Waals surface area contributed by atoms with Gasteiger partial charge >= 0.3 is 0 Å². The molecule has 0 bridgehead atoms. The zero-order valence-electron chi connectivity index (χ0n) is 19.9. The predicted molar refractivity (Wildman–Crippen MR) is 139 cm³/mol. The number of rotatable bonds is 7. The van der Waals surface area contributed by atoms with Crippen LogP contribution in [0.25, 0.3) is 22.3 Å². The summed E-state index contributed by atoms with van der Waals surface area (Å²) >= 11 is 0. The Bertz CT molecular complexity index is 1260. The molecule has 2 heteroatoms. The summed E-state index contributed by atoms with van der Waals surface area (Å²) in [4.78, 5) is 4.63. The Hall–Kier alpha value is -3.20. The van der Waals surface area contributed by atoms with E-state index >= 15 is 0 Å². The summed E-state index contributed by atoms with van der Waals surface area (Å²) in [6.45, 7) is 2.87. The van der Waals surface area contributed by atoms with Crippen LogP contribution < -0.4 is 0 Å². The van der Waals surface area contributed by atoms with E-state index < -0.39 is 0 Å². The van der Waals surface area contributed by atoms with Crippen molar-refractivity contribution in [1.29, 1.82) is 0 Å². The van der Waals surface area contributed by atoms with Crippen LogP contribution in [0.1, 0.15) is 27.8 Å². The van der Waals surface area contributed by atoms with E-state index in [9.17, 15) is 0 Å². The number of hydrogen-bond acceptors (Lipinski definition) is 2. The summed E-state index contributed by atoms with van der Waals surface area (Å²) < 4.78 is 0. The molecular weight excluding hydrogens is 400 g/mol. The molecule has 0 saturated heterocycles. The summed E-state index contributed by atoms with van der Waals surface area (Å²) in [7, 11) is 6.47. The summed E-state index contributed by atoms with van der Waals surface area (Å²) in [5, 5.41) is 0. The van der Waals surface area contributed by atoms with E-state index in [1.807, 2.05) is 0 Å². The fourth-order valence-corrected chi connectivity index (χ4v) is 5.01. The highest BCUT2D eigenvalue weighted by molar-refractivity contribution is 5.77. The van der Waals surface area contributed by atoms with Crippen molar-refractivity contribution >= 4 is 0 Å². The van der Waals surface area contributed by atoms with Crippen molar-refractivity contribution in [2.45, 2.75) is 26.1 Å². The molecule has 0 spiro atoms. The van der Waals surface area contributed by atoms with Crippen LogP contribution in [0, 0.1) is 0 Å². The van der Waals surface area contributed by atoms with Crippen LogP contribution in [0.3, 0.4) is 0 Å². The van der Waals surface area contributed by atoms with Gasteiger partial charge in [0.25, 0.3) is 0 Å². The molecule has 0 aliphatic heterocycles. The molecule has 0 heterocycles. The molecule has 0 atom stereocenters. The van der Waals surface area contributed by atoms with Crippen LogP contribution in [0.15, 0.2) is 91.0 Å². The summed E-state index contributed by atoms with van der Waals surface area (Å²) in [6, 6.07) is 33.6. The third-order valence-electron chi connectivity index (χ3n) is 6.45. The van der Waals surface area contributed by atoms with Crippen LogP contribution in [0.2, 0.25) is 0 Å². The van der Waals surface area contributed by atoms with E-state index in [1.54, 1.807) is 0 Å². The van der Waals surface area contributed by atoms with Gasteiger partial charge in [-0.1, -0.05) is 78.9 Å². The lowest BCUT2D eigenvalue weighted by molar-refractivity contribution is 0.319. The number of hydrogen-bond donors (Lipinski definition) is 0. The predicted octanol–water partition coefficient (Wildman–Crippen LogP) is 6.62. The highest BCUT2D eigenvalue weighted by atomic mass is 15.1. The third kappa shape index (κ3) is 4.93. The number of nitrogens with zero attached hydrogens (tertiary/aromatic N) is 2. The molecule has 4 aromatic carbocycles. The largest absolute Gasteiger partial charge is 0.305 e. The highest BCUT2D eigenvalue weighted by Gasteiger charge is 2.19. The topological polar surface area (TPSA) is 6.48 Å². The van der Waals surface area contributed by atoms with E-state index in [4.69, 9.17) is 0 Å². The zero-order valence-corrected chi connectivity index (χ0v) is 19.9. The van der Waals surface area contributed by atoms with E-state index in [-0.39, 0.29) is 0 Å². The smallest absolute Gasteiger partial charge is 0.0234 e. The second-order valence-electron chi connectivity index (χ2n) is 9.64. The molecule has 0 saturated carbocycles. The van der Waals surface area contributed by atoms with E-state index in [0.717, 1.165) is 26.1 Å². The zero-order chi connectivity index (χ0) is 22.8. The van der Waals surface area contributed by atoms with Gasteiger partial charge in [0.05, 0.1) is 0 Å². The van der Waals surface area contributed by atoms with Gasteiger partial charge in [0.15, 0.2) is 0 Å². The van der Waals surface area contributed by atoms with Crippen LogP contribution in [-0.4, -0.2) is 30.9 Å². The second kappa shape index (κ2) is 9.35. The average molecular weight is 433 g/mol. The molecule has 0 unspecified atom stereocenters. The van der Waals surface area contributed by atoms with Crippen molar-refractivity contribution in [3.05, 3.63) is 119 Å². The molecule has 0 fully saturated rings. The Balaban J connectivity index is 1.28. The summed E-state index contributed by atoms with van der Waals surface area (Å²) in [5.41, 5.74) is 12.4. The second-order valence-corrected chi connectivity index (χ2v) is 9.64. The maximum absolute atomic E-state index is 2.41. The SMILES string of the molecule is CN(C)Cc1ccc2c(c1)-c1ccc(CN(C)Cc3cccc(-c4ccccc4)c3)cc1C2. The van der Waals surface area contributed by atoms with Gasteiger partial charge < -0.3 is 4.90 Å². The lowest BCUT2D eigenvalue weighted by Gasteiger charge is -2.18. The molecule has 0 radical (unpaired) electrons. The molecule has 1 aliphatic carbocycles. The van der Waals surface area contributed by atoms with Gasteiger partial charge in [-0.15, -0.1) is 0 Å². The Kier molecular flexibility index (Phi) is 6.13. The fourth-order valence-electron chi connectivity index (χ4n) is 5.01. The van der Waals surface area contributed by atoms with Gasteiger partial charge in [-0.25, -0.2) is 0 Å². The molecule has 5 rings (SSSR count). The Labute approximate surface area is 198 Å². The first-order valence-electron chi connectivity index (χ1n) is 11.8. The third-order valence-corrected chi connectivity index (χ3v) is 6.45. The lowest BCUT2D eigenvalue weighted by Crippen LogP contribution is -2.17. The van der Waals surface area contributed by atoms with Crippen LogP contribution in [0.5, 0.6) is 0 Å². The van der Waals surface area contributed by atoms with Crippen molar-refractivity contribution in [3.8, 4) is 22.3 Å². The van der Waals surface area contributed by atoms with Gasteiger partial charge in [-0.3, -0.25) is 4.90 Å². The maximum Gasteiger partial charge on any atom is 0.0234 e. The van der Waals surface area contributed by atoms with Crippen LogP contribution in [-0.2, 0) is 26.1 Å². The van der Waals surface area contributed by atoms with Gasteiger partial charge in [0, 0.05) is 19.6 Å². The van der Waals surface area contributed by atoms with Gasteiger partial charge in [-0.2, -0.15) is 0 Å². The summed E-state index contributed by atoms with van der Waals surface area (Å²) in [6.07, 6.45) is 1.05. The monoisotopic (exact) mass is 432 g/mol. The first-order chi connectivity index (χ1) is 16.0. The molecule has 33 heavy (non-hydrogen) atoms. The summed E-state index contributed by atoms with van der Waals surface area (Å²) in [5.74, 6) is 0. The van der Waals surface area contributed by atoms with Gasteiger partial charge in [0.2, 0.25) is 0 Å². The molecule has 1 aliphatic rings. The normalized spacial score (nSPS) is 12.3. The minimum atomic E-state index is 0.936.